The third-order valence-corrected chi connectivity index (χ3v) is 2.10. The lowest BCUT2D eigenvalue weighted by Gasteiger charge is -2.03. The van der Waals surface area contributed by atoms with Crippen molar-refractivity contribution in [3.63, 3.8) is 0 Å². The van der Waals surface area contributed by atoms with Gasteiger partial charge in [-0.1, -0.05) is 23.8 Å². The van der Waals surface area contributed by atoms with E-state index in [1.807, 2.05) is 25.1 Å². The van der Waals surface area contributed by atoms with Crippen LogP contribution in [0.3, 0.4) is 0 Å². The number of benzene rings is 1. The van der Waals surface area contributed by atoms with Crippen molar-refractivity contribution in [3.8, 4) is 11.3 Å². The largest absolute Gasteiger partial charge is 0.250 e. The Morgan fingerprint density at radius 3 is 2.60 bits per heavy atom. The van der Waals surface area contributed by atoms with Crippen molar-refractivity contribution < 1.29 is 8.78 Å². The Balaban J connectivity index is 2.54. The molecule has 0 bridgehead atoms. The molecule has 0 aliphatic rings. The molecule has 0 aliphatic heterocycles. The van der Waals surface area contributed by atoms with E-state index < -0.39 is 11.6 Å². The molecule has 1 heterocycles. The molecule has 0 amide bonds. The minimum atomic E-state index is -0.663. The predicted octanol–water partition coefficient (Wildman–Crippen LogP) is 3.34. The molecule has 2 aromatic rings. The SMILES string of the molecule is Cc1cccc(-c2ncc(F)cc2F)c1. The Labute approximate surface area is 86.4 Å². The van der Waals surface area contributed by atoms with Gasteiger partial charge < -0.3 is 0 Å². The normalized spacial score (nSPS) is 10.3. The highest BCUT2D eigenvalue weighted by Crippen LogP contribution is 2.21. The highest BCUT2D eigenvalue weighted by molar-refractivity contribution is 5.60. The van der Waals surface area contributed by atoms with Crippen LogP contribution in [0.25, 0.3) is 11.3 Å². The van der Waals surface area contributed by atoms with E-state index in [1.54, 1.807) is 6.07 Å². The molecule has 0 aliphatic carbocycles. The van der Waals surface area contributed by atoms with Crippen LogP contribution in [0.15, 0.2) is 36.5 Å². The molecule has 1 aromatic heterocycles. The van der Waals surface area contributed by atoms with E-state index in [4.69, 9.17) is 0 Å². The van der Waals surface area contributed by atoms with Crippen molar-refractivity contribution >= 4 is 0 Å². The molecule has 1 aromatic carbocycles. The van der Waals surface area contributed by atoms with Gasteiger partial charge in [-0.3, -0.25) is 4.98 Å². The number of aromatic nitrogens is 1. The maximum absolute atomic E-state index is 13.4. The first-order valence-electron chi connectivity index (χ1n) is 4.55. The van der Waals surface area contributed by atoms with Crippen molar-refractivity contribution in [2.75, 3.05) is 0 Å². The molecular weight excluding hydrogens is 196 g/mol. The van der Waals surface area contributed by atoms with Crippen molar-refractivity contribution in [3.05, 3.63) is 53.7 Å². The first kappa shape index (κ1) is 9.77. The quantitative estimate of drug-likeness (QED) is 0.695. The fraction of sp³-hybridized carbons (Fsp3) is 0.0833. The molecule has 15 heavy (non-hydrogen) atoms. The van der Waals surface area contributed by atoms with Gasteiger partial charge in [0.1, 0.15) is 11.5 Å². The third kappa shape index (κ3) is 2.01. The number of aryl methyl sites for hydroxylation is 1. The topological polar surface area (TPSA) is 12.9 Å². The van der Waals surface area contributed by atoms with Crippen molar-refractivity contribution in [1.29, 1.82) is 0 Å². The van der Waals surface area contributed by atoms with E-state index in [9.17, 15) is 8.78 Å². The Morgan fingerprint density at radius 1 is 1.13 bits per heavy atom. The number of pyridine rings is 1. The second-order valence-electron chi connectivity index (χ2n) is 3.35. The van der Waals surface area contributed by atoms with Gasteiger partial charge in [-0.2, -0.15) is 0 Å². The summed E-state index contributed by atoms with van der Waals surface area (Å²) in [6, 6.07) is 8.12. The van der Waals surface area contributed by atoms with Crippen LogP contribution in [-0.4, -0.2) is 4.98 Å². The molecule has 0 radical (unpaired) electrons. The van der Waals surface area contributed by atoms with E-state index in [0.29, 0.717) is 5.56 Å². The molecule has 3 heteroatoms. The van der Waals surface area contributed by atoms with Gasteiger partial charge in [0.25, 0.3) is 0 Å². The fourth-order valence-electron chi connectivity index (χ4n) is 1.42. The third-order valence-electron chi connectivity index (χ3n) is 2.10. The fourth-order valence-corrected chi connectivity index (χ4v) is 1.42. The summed E-state index contributed by atoms with van der Waals surface area (Å²) in [6.07, 6.45) is 1.01. The molecule has 0 fully saturated rings. The summed E-state index contributed by atoms with van der Waals surface area (Å²) >= 11 is 0. The molecule has 0 N–H and O–H groups in total. The molecule has 0 saturated heterocycles. The lowest BCUT2D eigenvalue weighted by Crippen LogP contribution is -1.91. The van der Waals surface area contributed by atoms with E-state index >= 15 is 0 Å². The van der Waals surface area contributed by atoms with Crippen LogP contribution < -0.4 is 0 Å². The minimum absolute atomic E-state index is 0.181. The van der Waals surface area contributed by atoms with E-state index in [1.165, 1.54) is 0 Å². The highest BCUT2D eigenvalue weighted by Gasteiger charge is 2.07. The zero-order valence-electron chi connectivity index (χ0n) is 8.17. The van der Waals surface area contributed by atoms with Crippen LogP contribution in [0.4, 0.5) is 8.78 Å². The summed E-state index contributed by atoms with van der Waals surface area (Å²) in [4.78, 5) is 3.74. The predicted molar refractivity (Wildman–Crippen MR) is 54.3 cm³/mol. The van der Waals surface area contributed by atoms with E-state index in [2.05, 4.69) is 4.98 Å². The van der Waals surface area contributed by atoms with Gasteiger partial charge >= 0.3 is 0 Å². The lowest BCUT2D eigenvalue weighted by atomic mass is 10.1. The Morgan fingerprint density at radius 2 is 1.93 bits per heavy atom. The van der Waals surface area contributed by atoms with Gasteiger partial charge in [0.2, 0.25) is 0 Å². The van der Waals surface area contributed by atoms with Gasteiger partial charge in [0.05, 0.1) is 6.20 Å². The molecule has 0 saturated carbocycles. The molecule has 2 rings (SSSR count). The number of rotatable bonds is 1. The van der Waals surface area contributed by atoms with Crippen LogP contribution in [-0.2, 0) is 0 Å². The van der Waals surface area contributed by atoms with Gasteiger partial charge in [0, 0.05) is 11.6 Å². The van der Waals surface area contributed by atoms with Crippen LogP contribution >= 0.6 is 0 Å². The van der Waals surface area contributed by atoms with Crippen molar-refractivity contribution in [2.24, 2.45) is 0 Å². The molecule has 76 valence electrons. The van der Waals surface area contributed by atoms with Gasteiger partial charge in [-0.25, -0.2) is 8.78 Å². The first-order valence-corrected chi connectivity index (χ1v) is 4.55. The Hall–Kier alpha value is -1.77. The minimum Gasteiger partial charge on any atom is -0.250 e. The Kier molecular flexibility index (Phi) is 2.46. The lowest BCUT2D eigenvalue weighted by molar-refractivity contribution is 0.576. The second-order valence-corrected chi connectivity index (χ2v) is 3.35. The number of nitrogens with zero attached hydrogens (tertiary/aromatic N) is 1. The van der Waals surface area contributed by atoms with Crippen molar-refractivity contribution in [2.45, 2.75) is 6.92 Å². The first-order chi connectivity index (χ1) is 7.16. The maximum atomic E-state index is 13.4. The standard InChI is InChI=1S/C12H9F2N/c1-8-3-2-4-9(5-8)12-11(14)6-10(13)7-15-12/h2-7H,1H3. The molecule has 0 atom stereocenters. The number of hydrogen-bond acceptors (Lipinski definition) is 1. The number of hydrogen-bond donors (Lipinski definition) is 0. The van der Waals surface area contributed by atoms with Gasteiger partial charge in [0.15, 0.2) is 5.82 Å². The molecule has 1 nitrogen and oxygen atoms in total. The summed E-state index contributed by atoms with van der Waals surface area (Å²) < 4.78 is 26.0. The summed E-state index contributed by atoms with van der Waals surface area (Å²) in [6.45, 7) is 1.91. The van der Waals surface area contributed by atoms with Crippen LogP contribution in [0, 0.1) is 18.6 Å². The van der Waals surface area contributed by atoms with Crippen LogP contribution in [0.1, 0.15) is 5.56 Å². The molecule has 0 unspecified atom stereocenters. The Bertz CT molecular complexity index is 495. The van der Waals surface area contributed by atoms with Crippen LogP contribution in [0.2, 0.25) is 0 Å². The molecule has 0 spiro atoms. The summed E-state index contributed by atoms with van der Waals surface area (Å²) in [5.74, 6) is -1.30. The van der Waals surface area contributed by atoms with Gasteiger partial charge in [-0.05, 0) is 13.0 Å². The summed E-state index contributed by atoms with van der Waals surface area (Å²) in [5, 5.41) is 0. The average Bonchev–Trinajstić information content (AvgIpc) is 2.17. The van der Waals surface area contributed by atoms with E-state index in [-0.39, 0.29) is 5.69 Å². The average molecular weight is 205 g/mol. The highest BCUT2D eigenvalue weighted by atomic mass is 19.1. The zero-order valence-corrected chi connectivity index (χ0v) is 8.17. The maximum Gasteiger partial charge on any atom is 0.152 e. The van der Waals surface area contributed by atoms with Gasteiger partial charge in [-0.15, -0.1) is 0 Å². The van der Waals surface area contributed by atoms with E-state index in [0.717, 1.165) is 17.8 Å². The monoisotopic (exact) mass is 205 g/mol. The second kappa shape index (κ2) is 3.77. The molecular formula is C12H9F2N. The van der Waals surface area contributed by atoms with Crippen molar-refractivity contribution in [1.82, 2.24) is 4.98 Å². The smallest absolute Gasteiger partial charge is 0.152 e. The summed E-state index contributed by atoms with van der Waals surface area (Å²) in [7, 11) is 0. The number of halogens is 2. The van der Waals surface area contributed by atoms with Crippen LogP contribution in [0.5, 0.6) is 0 Å². The zero-order chi connectivity index (χ0) is 10.8. The summed E-state index contributed by atoms with van der Waals surface area (Å²) in [5.41, 5.74) is 1.85.